The van der Waals surface area contributed by atoms with Gasteiger partial charge in [-0.25, -0.2) is 10.0 Å². The number of ether oxygens (including phenoxy) is 2. The van der Waals surface area contributed by atoms with Crippen molar-refractivity contribution in [2.75, 3.05) is 23.8 Å². The molecule has 0 spiro atoms. The van der Waals surface area contributed by atoms with E-state index in [1.807, 2.05) is 13.8 Å². The van der Waals surface area contributed by atoms with Crippen molar-refractivity contribution < 1.29 is 28.7 Å². The summed E-state index contributed by atoms with van der Waals surface area (Å²) in [4.78, 5) is 59.0. The Morgan fingerprint density at radius 3 is 1.12 bits per heavy atom. The molecule has 14 heteroatoms. The molecule has 0 aromatic heterocycles. The number of fused-ring (bicyclic) bond motifs is 1. The monoisotopic (exact) mass is 838 g/mol. The Hall–Kier alpha value is -4.16. The summed E-state index contributed by atoms with van der Waals surface area (Å²) in [7, 11) is 0. The minimum Gasteiger partial charge on any atom is -0.465 e. The molecule has 2 aliphatic rings. The third-order valence-electron chi connectivity index (χ3n) is 9.98. The van der Waals surface area contributed by atoms with Gasteiger partial charge in [0.05, 0.1) is 25.3 Å². The molecule has 0 radical (unpaired) electrons. The number of esters is 2. The van der Waals surface area contributed by atoms with Crippen LogP contribution in [-0.4, -0.2) is 59.1 Å². The fourth-order valence-corrected chi connectivity index (χ4v) is 7.88. The average Bonchev–Trinajstić information content (AvgIpc) is 3.71. The van der Waals surface area contributed by atoms with Crippen molar-refractivity contribution in [2.45, 2.75) is 63.7 Å². The van der Waals surface area contributed by atoms with E-state index >= 15 is 0 Å². The maximum atomic E-state index is 14.9. The zero-order valence-electron chi connectivity index (χ0n) is 30.8. The molecule has 2 amide bonds. The number of hydrogen-bond donors (Lipinski definition) is 2. The second-order valence-electron chi connectivity index (χ2n) is 13.7. The van der Waals surface area contributed by atoms with Crippen LogP contribution in [0.1, 0.15) is 62.7 Å². The molecule has 294 valence electrons. The Morgan fingerprint density at radius 1 is 0.518 bits per heavy atom. The van der Waals surface area contributed by atoms with Crippen LogP contribution >= 0.6 is 46.4 Å². The van der Waals surface area contributed by atoms with Gasteiger partial charge in [-0.15, -0.1) is 0 Å². The van der Waals surface area contributed by atoms with Crippen molar-refractivity contribution in [1.29, 1.82) is 0 Å². The number of benzene rings is 4. The third-order valence-corrected chi connectivity index (χ3v) is 11.0. The van der Waals surface area contributed by atoms with E-state index in [9.17, 15) is 19.2 Å². The second kappa shape index (κ2) is 18.9. The molecule has 6 rings (SSSR count). The molecule has 2 fully saturated rings. The standard InChI is InChI=1S/C42H42Cl4N4O6/c1-3-5-23-55-41(53)33-35(25-7-11-27(43)12-8-25)49-38(40(52)48-32-21-17-30(46)18-22-32)34(42(54)56-24-6-4-2)36(26-9-13-28(44)14-10-26)50(49)37(33)39(51)47-31-19-15-29(45)16-20-31/h7-22,33-38H,3-6,23-24H2,1-2H3,(H,47,51)(H,48,52)/t33-,34-,35+,36+,37+,38+/m0/s1. The fourth-order valence-electron chi connectivity index (χ4n) is 7.37. The number of halogens is 4. The molecule has 2 N–H and O–H groups in total. The van der Waals surface area contributed by atoms with Crippen LogP contribution in [0.5, 0.6) is 0 Å². The summed E-state index contributed by atoms with van der Waals surface area (Å²) in [6.07, 6.45) is 2.74. The lowest BCUT2D eigenvalue weighted by atomic mass is 9.82. The molecule has 10 nitrogen and oxygen atoms in total. The van der Waals surface area contributed by atoms with Crippen molar-refractivity contribution in [3.8, 4) is 0 Å². The largest absolute Gasteiger partial charge is 0.465 e. The van der Waals surface area contributed by atoms with Gasteiger partial charge in [-0.3, -0.25) is 19.2 Å². The quantitative estimate of drug-likeness (QED) is 0.0953. The number of hydrazine groups is 1. The van der Waals surface area contributed by atoms with E-state index in [4.69, 9.17) is 55.9 Å². The molecule has 0 aliphatic carbocycles. The normalized spacial score (nSPS) is 22.0. The highest BCUT2D eigenvalue weighted by molar-refractivity contribution is 6.31. The molecule has 56 heavy (non-hydrogen) atoms. The van der Waals surface area contributed by atoms with Gasteiger partial charge in [-0.05, 0) is 96.8 Å². The lowest BCUT2D eigenvalue weighted by Crippen LogP contribution is -2.49. The lowest BCUT2D eigenvalue weighted by Gasteiger charge is -2.33. The molecule has 4 aromatic rings. The first-order valence-corrected chi connectivity index (χ1v) is 20.1. The summed E-state index contributed by atoms with van der Waals surface area (Å²) in [5, 5.41) is 11.1. The van der Waals surface area contributed by atoms with E-state index in [1.54, 1.807) is 107 Å². The summed E-state index contributed by atoms with van der Waals surface area (Å²) in [5.41, 5.74) is 1.98. The highest BCUT2D eigenvalue weighted by Crippen LogP contribution is 2.56. The number of carbonyl (C=O) groups excluding carboxylic acids is 4. The first kappa shape index (κ1) is 41.5. The molecule has 0 bridgehead atoms. The molecule has 0 unspecified atom stereocenters. The van der Waals surface area contributed by atoms with E-state index in [1.165, 1.54) is 0 Å². The molecular weight excluding hydrogens is 798 g/mol. The molecule has 0 saturated carbocycles. The molecule has 2 heterocycles. The van der Waals surface area contributed by atoms with Gasteiger partial charge in [0.15, 0.2) is 0 Å². The summed E-state index contributed by atoms with van der Waals surface area (Å²) in [6, 6.07) is 22.2. The van der Waals surface area contributed by atoms with Crippen LogP contribution in [0.2, 0.25) is 20.1 Å². The number of hydrogen-bond acceptors (Lipinski definition) is 8. The van der Waals surface area contributed by atoms with Crippen LogP contribution in [0.3, 0.4) is 0 Å². The Kier molecular flexibility index (Phi) is 14.0. The predicted octanol–water partition coefficient (Wildman–Crippen LogP) is 9.56. The van der Waals surface area contributed by atoms with E-state index in [2.05, 4.69) is 10.6 Å². The Morgan fingerprint density at radius 2 is 0.821 bits per heavy atom. The highest BCUT2D eigenvalue weighted by Gasteiger charge is 2.68. The second-order valence-corrected chi connectivity index (χ2v) is 15.5. The van der Waals surface area contributed by atoms with Gasteiger partial charge in [0, 0.05) is 31.5 Å². The van der Waals surface area contributed by atoms with Crippen molar-refractivity contribution in [1.82, 2.24) is 10.0 Å². The van der Waals surface area contributed by atoms with Gasteiger partial charge in [-0.1, -0.05) is 97.4 Å². The fraction of sp³-hybridized carbons (Fsp3) is 0.333. The third kappa shape index (κ3) is 9.17. The van der Waals surface area contributed by atoms with Crippen LogP contribution in [0.15, 0.2) is 97.1 Å². The van der Waals surface area contributed by atoms with E-state index < -0.39 is 59.8 Å². The van der Waals surface area contributed by atoms with Crippen LogP contribution < -0.4 is 10.6 Å². The topological polar surface area (TPSA) is 117 Å². The highest BCUT2D eigenvalue weighted by atomic mass is 35.5. The first-order valence-electron chi connectivity index (χ1n) is 18.6. The number of nitrogens with zero attached hydrogens (tertiary/aromatic N) is 2. The summed E-state index contributed by atoms with van der Waals surface area (Å²) >= 11 is 25.1. The number of anilines is 2. The van der Waals surface area contributed by atoms with Crippen molar-refractivity contribution in [3.05, 3.63) is 128 Å². The van der Waals surface area contributed by atoms with Gasteiger partial charge >= 0.3 is 11.9 Å². The van der Waals surface area contributed by atoms with E-state index in [-0.39, 0.29) is 13.2 Å². The summed E-state index contributed by atoms with van der Waals surface area (Å²) in [6.45, 7) is 4.20. The maximum absolute atomic E-state index is 14.9. The van der Waals surface area contributed by atoms with E-state index in [0.29, 0.717) is 55.4 Å². The van der Waals surface area contributed by atoms with Crippen LogP contribution in [0.4, 0.5) is 11.4 Å². The van der Waals surface area contributed by atoms with Crippen LogP contribution in [0, 0.1) is 11.8 Å². The van der Waals surface area contributed by atoms with E-state index in [0.717, 1.165) is 12.8 Å². The van der Waals surface area contributed by atoms with Gasteiger partial charge in [0.2, 0.25) is 11.8 Å². The van der Waals surface area contributed by atoms with Crippen molar-refractivity contribution >= 4 is 81.5 Å². The van der Waals surface area contributed by atoms with Crippen molar-refractivity contribution in [2.24, 2.45) is 11.8 Å². The predicted molar refractivity (Wildman–Crippen MR) is 219 cm³/mol. The SMILES string of the molecule is CCCCOC(=O)[C@H]1[C@@H](c2ccc(Cl)cc2)N2[C@@H](C(=O)Nc3ccc(Cl)cc3)[C@@H](C(=O)OCCCC)[C@@H](c3ccc(Cl)cc3)N2[C@H]1C(=O)Nc1ccc(Cl)cc1. The van der Waals surface area contributed by atoms with Crippen LogP contribution in [0.25, 0.3) is 0 Å². The zero-order valence-corrected chi connectivity index (χ0v) is 33.8. The number of unbranched alkanes of at least 4 members (excludes halogenated alkanes) is 2. The van der Waals surface area contributed by atoms with Crippen molar-refractivity contribution in [3.63, 3.8) is 0 Å². The number of rotatable bonds is 14. The number of amides is 2. The van der Waals surface area contributed by atoms with Gasteiger partial charge < -0.3 is 20.1 Å². The van der Waals surface area contributed by atoms with Crippen LogP contribution in [-0.2, 0) is 28.7 Å². The maximum Gasteiger partial charge on any atom is 0.313 e. The Labute approximate surface area is 346 Å². The molecule has 2 aliphatic heterocycles. The first-order chi connectivity index (χ1) is 27.0. The Bertz CT molecular complexity index is 1850. The Balaban J connectivity index is 1.59. The molecule has 2 saturated heterocycles. The number of carbonyl (C=O) groups is 4. The lowest BCUT2D eigenvalue weighted by molar-refractivity contribution is -0.154. The zero-order chi connectivity index (χ0) is 39.9. The minimum atomic E-state index is -1.31. The summed E-state index contributed by atoms with van der Waals surface area (Å²) < 4.78 is 11.8. The summed E-state index contributed by atoms with van der Waals surface area (Å²) in [5.74, 6) is -4.81. The molecule has 4 aromatic carbocycles. The van der Waals surface area contributed by atoms with Gasteiger partial charge in [-0.2, -0.15) is 0 Å². The molecular formula is C42H42Cl4N4O6. The molecule has 6 atom stereocenters. The minimum absolute atomic E-state index is 0.123. The number of nitrogens with one attached hydrogen (secondary N) is 2. The van der Waals surface area contributed by atoms with Gasteiger partial charge in [0.25, 0.3) is 0 Å². The average molecular weight is 841 g/mol. The van der Waals surface area contributed by atoms with Gasteiger partial charge in [0.1, 0.15) is 23.9 Å². The smallest absolute Gasteiger partial charge is 0.313 e.